The Hall–Kier alpha value is -5.09. The van der Waals surface area contributed by atoms with Crippen LogP contribution in [0.3, 0.4) is 0 Å². The Morgan fingerprint density at radius 2 is 1.61 bits per heavy atom. The molecule has 5 rings (SSSR count). The van der Waals surface area contributed by atoms with Gasteiger partial charge in [-0.25, -0.2) is 4.99 Å². The van der Waals surface area contributed by atoms with Crippen LogP contribution in [-0.2, 0) is 42.8 Å². The molecular formula is C41H46N4O5S. The van der Waals surface area contributed by atoms with Crippen LogP contribution in [0, 0.1) is 20.8 Å². The molecule has 4 heterocycles. The minimum Gasteiger partial charge on any atom is -0.469 e. The molecule has 0 fully saturated rings. The van der Waals surface area contributed by atoms with Gasteiger partial charge in [0.25, 0.3) is 11.8 Å². The fraction of sp³-hybridized carbons (Fsp3) is 0.317. The molecule has 0 spiro atoms. The monoisotopic (exact) mass is 706 g/mol. The third-order valence-corrected chi connectivity index (χ3v) is 11.1. The summed E-state index contributed by atoms with van der Waals surface area (Å²) in [5, 5.41) is 4.56. The SMILES string of the molecule is C=CC1=C(C)C(=O)N/C1=C\c1[nH]c(C=c2[nH]c(=CC3=NC(=O)C(CCS(=O)c4ccc(C)cc4)=C3C)c(C)c2CCC(=O)OC)c(CCC)c1C. The van der Waals surface area contributed by atoms with Crippen molar-refractivity contribution in [3.8, 4) is 0 Å². The number of methoxy groups -OCH3 is 1. The number of aromatic nitrogens is 2. The first kappa shape index (κ1) is 37.2. The highest BCUT2D eigenvalue weighted by atomic mass is 32.2. The van der Waals surface area contributed by atoms with Crippen LogP contribution >= 0.6 is 0 Å². The van der Waals surface area contributed by atoms with E-state index in [4.69, 9.17) is 4.74 Å². The third kappa shape index (κ3) is 7.96. The maximum atomic E-state index is 13.0. The molecule has 0 saturated carbocycles. The zero-order chi connectivity index (χ0) is 37.0. The van der Waals surface area contributed by atoms with Crippen LogP contribution in [0.15, 0.2) is 74.8 Å². The average Bonchev–Trinajstić information content (AvgIpc) is 3.75. The number of amides is 2. The number of nitrogens with one attached hydrogen (secondary N) is 3. The number of carbonyl (C=O) groups excluding carboxylic acids is 3. The van der Waals surface area contributed by atoms with Crippen molar-refractivity contribution in [3.63, 3.8) is 0 Å². The maximum Gasteiger partial charge on any atom is 0.305 e. The highest BCUT2D eigenvalue weighted by molar-refractivity contribution is 7.85. The summed E-state index contributed by atoms with van der Waals surface area (Å²) in [5.41, 5.74) is 11.0. The first-order valence-corrected chi connectivity index (χ1v) is 18.5. The molecule has 2 aromatic heterocycles. The van der Waals surface area contributed by atoms with Gasteiger partial charge in [-0.05, 0) is 112 Å². The zero-order valence-corrected chi connectivity index (χ0v) is 31.3. The number of allylic oxidation sites excluding steroid dienone is 2. The van der Waals surface area contributed by atoms with Gasteiger partial charge in [-0.3, -0.25) is 18.6 Å². The molecule has 1 aromatic carbocycles. The highest BCUT2D eigenvalue weighted by Crippen LogP contribution is 2.28. The van der Waals surface area contributed by atoms with Crippen molar-refractivity contribution >= 4 is 52.5 Å². The first-order valence-electron chi connectivity index (χ1n) is 17.2. The van der Waals surface area contributed by atoms with E-state index in [0.29, 0.717) is 41.1 Å². The molecule has 0 aliphatic carbocycles. The zero-order valence-electron chi connectivity index (χ0n) is 30.5. The van der Waals surface area contributed by atoms with Crippen molar-refractivity contribution in [2.45, 2.75) is 78.5 Å². The number of aromatic amines is 2. The normalized spacial score (nSPS) is 16.8. The highest BCUT2D eigenvalue weighted by Gasteiger charge is 2.24. The number of H-pyrrole nitrogens is 2. The van der Waals surface area contributed by atoms with E-state index in [9.17, 15) is 18.6 Å². The molecule has 2 aliphatic rings. The number of nitrogens with zero attached hydrogens (tertiary/aromatic N) is 1. The summed E-state index contributed by atoms with van der Waals surface area (Å²) in [6, 6.07) is 7.60. The van der Waals surface area contributed by atoms with E-state index in [1.807, 2.05) is 57.2 Å². The smallest absolute Gasteiger partial charge is 0.305 e. The van der Waals surface area contributed by atoms with Crippen LogP contribution in [0.1, 0.15) is 79.2 Å². The average molecular weight is 707 g/mol. The van der Waals surface area contributed by atoms with E-state index >= 15 is 0 Å². The summed E-state index contributed by atoms with van der Waals surface area (Å²) in [4.78, 5) is 49.9. The fourth-order valence-electron chi connectivity index (χ4n) is 6.54. The van der Waals surface area contributed by atoms with Crippen molar-refractivity contribution < 1.29 is 23.3 Å². The summed E-state index contributed by atoms with van der Waals surface area (Å²) in [6.45, 7) is 15.7. The number of benzene rings is 1. The molecule has 1 atom stereocenters. The Bertz CT molecular complexity index is 2210. The minimum absolute atomic E-state index is 0.134. The Morgan fingerprint density at radius 3 is 2.27 bits per heavy atom. The molecule has 2 aliphatic heterocycles. The second-order valence-electron chi connectivity index (χ2n) is 13.0. The number of rotatable bonds is 13. The Morgan fingerprint density at radius 1 is 0.882 bits per heavy atom. The number of aryl methyl sites for hydroxylation is 1. The van der Waals surface area contributed by atoms with E-state index in [1.165, 1.54) is 7.11 Å². The Balaban J connectivity index is 1.54. The van der Waals surface area contributed by atoms with E-state index in [0.717, 1.165) is 78.8 Å². The molecule has 51 heavy (non-hydrogen) atoms. The van der Waals surface area contributed by atoms with Crippen LogP contribution < -0.4 is 16.0 Å². The van der Waals surface area contributed by atoms with Gasteiger partial charge < -0.3 is 20.0 Å². The van der Waals surface area contributed by atoms with Gasteiger partial charge in [-0.15, -0.1) is 0 Å². The molecule has 0 radical (unpaired) electrons. The van der Waals surface area contributed by atoms with Crippen molar-refractivity contribution in [2.75, 3.05) is 12.9 Å². The summed E-state index contributed by atoms with van der Waals surface area (Å²) >= 11 is 0. The molecule has 0 saturated heterocycles. The lowest BCUT2D eigenvalue weighted by atomic mass is 10.0. The van der Waals surface area contributed by atoms with Crippen molar-refractivity contribution in [2.24, 2.45) is 4.99 Å². The summed E-state index contributed by atoms with van der Waals surface area (Å²) in [7, 11) is 0.147. The standard InChI is InChI=1S/C41H46N4O5S/c1-9-11-30-24(4)34(21-36-29(10-2)27(7)40(47)45-36)43-37(30)22-38-31(16-17-39(46)50-8)25(5)33(42-38)20-35-26(6)32(41(48)44-35)18-19-51(49)28-14-12-23(3)13-15-28/h10,12-15,20-22,42-43H,2,9,11,16-19H2,1,3-8H3,(H,45,47)/b33-20?,36-21-,38-22?. The van der Waals surface area contributed by atoms with Gasteiger partial charge in [0, 0.05) is 55.9 Å². The lowest BCUT2D eigenvalue weighted by molar-refractivity contribution is -0.140. The molecule has 2 amide bonds. The second kappa shape index (κ2) is 15.9. The minimum atomic E-state index is -1.24. The van der Waals surface area contributed by atoms with E-state index in [2.05, 4.69) is 46.8 Å². The topological polar surface area (TPSA) is 133 Å². The second-order valence-corrected chi connectivity index (χ2v) is 14.6. The summed E-state index contributed by atoms with van der Waals surface area (Å²) in [6.07, 6.45) is 10.4. The largest absolute Gasteiger partial charge is 0.469 e. The number of hydrogen-bond donors (Lipinski definition) is 3. The summed E-state index contributed by atoms with van der Waals surface area (Å²) < 4.78 is 17.9. The molecule has 10 heteroatoms. The predicted molar refractivity (Wildman–Crippen MR) is 204 cm³/mol. The van der Waals surface area contributed by atoms with Gasteiger partial charge >= 0.3 is 5.97 Å². The van der Waals surface area contributed by atoms with Crippen molar-refractivity contribution in [1.29, 1.82) is 0 Å². The summed E-state index contributed by atoms with van der Waals surface area (Å²) in [5.74, 6) is -0.420. The van der Waals surface area contributed by atoms with Crippen molar-refractivity contribution in [1.82, 2.24) is 15.3 Å². The van der Waals surface area contributed by atoms with Crippen molar-refractivity contribution in [3.05, 3.63) is 115 Å². The fourth-order valence-corrected chi connectivity index (χ4v) is 7.60. The molecular weight excluding hydrogens is 661 g/mol. The van der Waals surface area contributed by atoms with Crippen LogP contribution in [0.25, 0.3) is 18.2 Å². The van der Waals surface area contributed by atoms with E-state index < -0.39 is 10.8 Å². The van der Waals surface area contributed by atoms with Crippen LogP contribution in [0.2, 0.25) is 0 Å². The lowest BCUT2D eigenvalue weighted by Gasteiger charge is -2.04. The van der Waals surface area contributed by atoms with Gasteiger partial charge in [0.1, 0.15) is 0 Å². The molecule has 3 N–H and O–H groups in total. The van der Waals surface area contributed by atoms with E-state index in [-0.39, 0.29) is 24.2 Å². The van der Waals surface area contributed by atoms with Crippen LogP contribution in [-0.4, -0.2) is 50.5 Å². The van der Waals surface area contributed by atoms with Gasteiger partial charge in [-0.2, -0.15) is 0 Å². The quantitative estimate of drug-likeness (QED) is 0.205. The number of carbonyl (C=O) groups is 3. The Kier molecular flexibility index (Phi) is 11.6. The predicted octanol–water partition coefficient (Wildman–Crippen LogP) is 5.40. The van der Waals surface area contributed by atoms with Gasteiger partial charge in [0.15, 0.2) is 0 Å². The third-order valence-electron chi connectivity index (χ3n) is 9.69. The number of ether oxygens (including phenoxy) is 1. The molecule has 0 bridgehead atoms. The molecule has 266 valence electrons. The van der Waals surface area contributed by atoms with Gasteiger partial charge in [0.05, 0.1) is 29.3 Å². The molecule has 3 aromatic rings. The number of esters is 1. The van der Waals surface area contributed by atoms with E-state index in [1.54, 1.807) is 13.0 Å². The number of aliphatic imine (C=N–C) groups is 1. The number of hydrogen-bond acceptors (Lipinski definition) is 5. The molecule has 1 unspecified atom stereocenters. The lowest BCUT2D eigenvalue weighted by Crippen LogP contribution is -2.15. The van der Waals surface area contributed by atoms with Crippen LogP contribution in [0.4, 0.5) is 0 Å². The Labute approximate surface area is 301 Å². The van der Waals surface area contributed by atoms with Crippen LogP contribution in [0.5, 0.6) is 0 Å². The van der Waals surface area contributed by atoms with Gasteiger partial charge in [0.2, 0.25) is 0 Å². The first-order chi connectivity index (χ1) is 24.4. The van der Waals surface area contributed by atoms with Gasteiger partial charge in [-0.1, -0.05) is 43.7 Å². The molecule has 9 nitrogen and oxygen atoms in total. The maximum absolute atomic E-state index is 13.0.